The second kappa shape index (κ2) is 24.1. The van der Waals surface area contributed by atoms with Gasteiger partial charge < -0.3 is 114 Å². The molecule has 0 aromatic heterocycles. The van der Waals surface area contributed by atoms with Gasteiger partial charge in [-0.05, 0) is 112 Å². The van der Waals surface area contributed by atoms with Crippen molar-refractivity contribution in [1.82, 2.24) is 0 Å². The number of carboxylic acids is 1. The number of carbonyl (C=O) groups is 3. The normalized spacial score (nSPS) is 51.2. The molecule has 9 rings (SSSR count). The number of aliphatic hydroxyl groups excluding tert-OH is 12. The van der Waals surface area contributed by atoms with Crippen LogP contribution in [-0.2, 0) is 61.8 Å². The lowest BCUT2D eigenvalue weighted by Gasteiger charge is -2.72. The van der Waals surface area contributed by atoms with Crippen LogP contribution >= 0.6 is 0 Å². The van der Waals surface area contributed by atoms with Crippen molar-refractivity contribution in [1.29, 1.82) is 0 Å². The van der Waals surface area contributed by atoms with Gasteiger partial charge in [-0.1, -0.05) is 52.3 Å². The summed E-state index contributed by atoms with van der Waals surface area (Å²) in [7, 11) is 1.23. The molecule has 0 aromatic rings. The number of hydrogen-bond acceptors (Lipinski definition) is 25. The lowest BCUT2D eigenvalue weighted by Crippen LogP contribution is -2.70. The lowest BCUT2D eigenvalue weighted by molar-refractivity contribution is -0.399. The highest BCUT2D eigenvalue weighted by atomic mass is 16.8. The Morgan fingerprint density at radius 3 is 1.93 bits per heavy atom. The number of ether oxygens (including phenoxy) is 10. The second-order valence-electron chi connectivity index (χ2n) is 27.0. The van der Waals surface area contributed by atoms with E-state index in [0.29, 0.717) is 44.1 Å². The summed E-state index contributed by atoms with van der Waals surface area (Å²) >= 11 is 0. The first kappa shape index (κ1) is 65.5. The van der Waals surface area contributed by atoms with Crippen LogP contribution in [0.4, 0.5) is 0 Å². The molecule has 29 atom stereocenters. The smallest absolute Gasteiger partial charge is 0.335 e. The van der Waals surface area contributed by atoms with Gasteiger partial charge in [0.05, 0.1) is 56.6 Å². The van der Waals surface area contributed by atoms with Crippen molar-refractivity contribution in [3.8, 4) is 0 Å². The topological polar surface area (TPSA) is 407 Å². The van der Waals surface area contributed by atoms with Gasteiger partial charge in [0, 0.05) is 5.57 Å². The summed E-state index contributed by atoms with van der Waals surface area (Å²) in [5.74, 6) is -4.01. The number of rotatable bonds is 14. The molecule has 478 valence electrons. The van der Waals surface area contributed by atoms with Crippen LogP contribution in [0.2, 0.25) is 0 Å². The highest BCUT2D eigenvalue weighted by molar-refractivity contribution is 5.87. The van der Waals surface area contributed by atoms with Crippen LogP contribution in [0.3, 0.4) is 0 Å². The van der Waals surface area contributed by atoms with Crippen molar-refractivity contribution in [2.24, 2.45) is 50.2 Å². The summed E-state index contributed by atoms with van der Waals surface area (Å²) in [5, 5.41) is 144. The molecule has 84 heavy (non-hydrogen) atoms. The highest BCUT2D eigenvalue weighted by Gasteiger charge is 2.73. The van der Waals surface area contributed by atoms with E-state index in [4.69, 9.17) is 47.4 Å². The first-order valence-electron chi connectivity index (χ1n) is 29.4. The quantitative estimate of drug-likeness (QED) is 0.0404. The molecule has 26 heteroatoms. The Morgan fingerprint density at radius 2 is 1.30 bits per heavy atom. The van der Waals surface area contributed by atoms with Crippen LogP contribution in [0.5, 0.6) is 0 Å². The van der Waals surface area contributed by atoms with Gasteiger partial charge in [0.25, 0.3) is 0 Å². The molecule has 4 aliphatic heterocycles. The SMILES string of the molecule is C/C=C(/C)C(=O)O[C@H]1CC(C)(C)C[C@H]2C3=CC[C@@H]4[C@@]5(C)CC[C@H](O[C@H]6O[C@H](C(=O)O)[C@@H](O)[C@H](O[C@@H]7OC[C@H](O)[C@H](O)[C@H]7O[C@@H]7OC[C@@H](O)[C@H](O)[C@H]7O)[C@H]6O[C@@H]6O[C@H](CO)[C@@H](O)[C@H](O)[C@H]6O)[C@@](C)(C(=O)OC)[C@@H]5CC[C@@]4(C)[C@]3(C)C[C@@H](O)[C@@]12CO. The molecule has 26 nitrogen and oxygen atoms in total. The number of carboxylic acid groups (broad SMARTS) is 1. The van der Waals surface area contributed by atoms with E-state index >= 15 is 0 Å². The molecule has 13 N–H and O–H groups in total. The third-order valence-electron chi connectivity index (χ3n) is 22.0. The number of methoxy groups -OCH3 is 1. The van der Waals surface area contributed by atoms with Gasteiger partial charge in [-0.2, -0.15) is 0 Å². The van der Waals surface area contributed by atoms with Crippen LogP contribution in [0, 0.1) is 50.2 Å². The van der Waals surface area contributed by atoms with Gasteiger partial charge in [0.15, 0.2) is 31.3 Å². The minimum atomic E-state index is -2.29. The fourth-order valence-electron chi connectivity index (χ4n) is 16.9. The highest BCUT2D eigenvalue weighted by Crippen LogP contribution is 2.76. The largest absolute Gasteiger partial charge is 0.479 e. The number of allylic oxidation sites excluding steroid dienone is 3. The second-order valence-corrected chi connectivity index (χ2v) is 27.0. The number of hydrogen-bond donors (Lipinski definition) is 13. The van der Waals surface area contributed by atoms with Crippen molar-refractivity contribution >= 4 is 17.9 Å². The number of carbonyl (C=O) groups excluding carboxylic acids is 2. The molecule has 5 aliphatic carbocycles. The van der Waals surface area contributed by atoms with E-state index in [-0.39, 0.29) is 30.1 Å². The Morgan fingerprint density at radius 1 is 0.667 bits per heavy atom. The van der Waals surface area contributed by atoms with Crippen molar-refractivity contribution in [2.75, 3.05) is 33.5 Å². The van der Waals surface area contributed by atoms with Gasteiger partial charge in [-0.25, -0.2) is 9.59 Å². The Labute approximate surface area is 487 Å². The monoisotopic (exact) mass is 1200 g/mol. The number of aliphatic hydroxyl groups is 12. The van der Waals surface area contributed by atoms with Gasteiger partial charge in [0.1, 0.15) is 85.5 Å². The maximum Gasteiger partial charge on any atom is 0.335 e. The zero-order valence-electron chi connectivity index (χ0n) is 49.1. The molecule has 0 spiro atoms. The molecule has 4 saturated heterocycles. The zero-order chi connectivity index (χ0) is 61.7. The Kier molecular flexibility index (Phi) is 18.8. The van der Waals surface area contributed by atoms with Gasteiger partial charge >= 0.3 is 17.9 Å². The number of aliphatic carboxylic acids is 1. The predicted octanol–water partition coefficient (Wildman–Crippen LogP) is -1.58. The van der Waals surface area contributed by atoms with E-state index in [1.165, 1.54) is 7.11 Å². The van der Waals surface area contributed by atoms with Crippen LogP contribution in [-0.4, -0.2) is 247 Å². The lowest BCUT2D eigenvalue weighted by atomic mass is 9.33. The first-order valence-corrected chi connectivity index (χ1v) is 29.4. The van der Waals surface area contributed by atoms with E-state index in [2.05, 4.69) is 40.7 Å². The number of esters is 2. The van der Waals surface area contributed by atoms with E-state index in [1.807, 2.05) is 0 Å². The molecular weight excluding hydrogens is 1110 g/mol. The molecule has 4 heterocycles. The van der Waals surface area contributed by atoms with E-state index in [1.54, 1.807) is 26.8 Å². The molecule has 0 radical (unpaired) electrons. The maximum absolute atomic E-state index is 14.9. The molecular formula is C58H90O26. The third kappa shape index (κ3) is 10.6. The van der Waals surface area contributed by atoms with E-state index in [0.717, 1.165) is 5.57 Å². The van der Waals surface area contributed by atoms with E-state index in [9.17, 15) is 80.8 Å². The van der Waals surface area contributed by atoms with Crippen molar-refractivity contribution < 1.29 is 128 Å². The Balaban J connectivity index is 1.07. The van der Waals surface area contributed by atoms with Crippen LogP contribution in [0.15, 0.2) is 23.3 Å². The molecule has 0 aromatic carbocycles. The summed E-state index contributed by atoms with van der Waals surface area (Å²) < 4.78 is 60.3. The van der Waals surface area contributed by atoms with Crippen LogP contribution < -0.4 is 0 Å². The first-order chi connectivity index (χ1) is 39.3. The minimum absolute atomic E-state index is 0.0820. The average Bonchev–Trinajstić information content (AvgIpc) is 0.694. The summed E-state index contributed by atoms with van der Waals surface area (Å²) in [6, 6.07) is 0. The predicted molar refractivity (Wildman–Crippen MR) is 284 cm³/mol. The summed E-state index contributed by atoms with van der Waals surface area (Å²) in [6.45, 7) is 13.3. The van der Waals surface area contributed by atoms with E-state index < -0.39 is 206 Å². The third-order valence-corrected chi connectivity index (χ3v) is 22.0. The van der Waals surface area contributed by atoms with Crippen LogP contribution in [0.25, 0.3) is 0 Å². The molecule has 0 amide bonds. The summed E-state index contributed by atoms with van der Waals surface area (Å²) in [4.78, 5) is 41.6. The summed E-state index contributed by atoms with van der Waals surface area (Å²) in [5.41, 5.74) is -3.50. The average molecular weight is 1200 g/mol. The summed E-state index contributed by atoms with van der Waals surface area (Å²) in [6.07, 6.45) is -30.7. The molecule has 0 bridgehead atoms. The fourth-order valence-corrected chi connectivity index (χ4v) is 16.9. The van der Waals surface area contributed by atoms with Crippen molar-refractivity contribution in [3.63, 3.8) is 0 Å². The standard InChI is InChI=1S/C58H90O26/c1-10-24(2)47(73)79-34-19-53(3,4)17-26-25-11-12-30-54(5)15-14-33(57(8,52(74)75-9)31(54)13-16-55(30,6)56(25,7)18-32(63)58(26,34)23-60)80-51-45(84-49-40(69)38(67)37(66)29(20-59)78-49)42(41(70)43(82-51)46(71)72)81-50-44(36(65)28(62)22-77-50)83-48-39(68)35(64)27(61)21-76-48/h10-11,26-45,48-51,59-70H,12-23H2,1-9H3,(H,71,72)/b24-10-/t26-,27+,28-,29+,30+,31+,32+,33-,34-,35-,36-,37+,38-,39+,40+,41-,42-,43-,44+,45+,48-,49-,50-,51-,54+,55+,56+,57-,58-/m0/s1. The molecule has 8 fully saturated rings. The molecule has 0 unspecified atom stereocenters. The van der Waals surface area contributed by atoms with Gasteiger partial charge in [0.2, 0.25) is 0 Å². The Hall–Kier alpha value is -2.91. The van der Waals surface area contributed by atoms with Gasteiger partial charge in [-0.15, -0.1) is 0 Å². The fraction of sp³-hybridized carbons (Fsp3) is 0.879. The zero-order valence-corrected chi connectivity index (χ0v) is 49.1. The maximum atomic E-state index is 14.9. The van der Waals surface area contributed by atoms with Crippen molar-refractivity contribution in [3.05, 3.63) is 23.3 Å². The minimum Gasteiger partial charge on any atom is -0.479 e. The van der Waals surface area contributed by atoms with Crippen LogP contribution in [0.1, 0.15) is 107 Å². The molecule has 9 aliphatic rings. The molecule has 4 saturated carbocycles. The number of fused-ring (bicyclic) bond motifs is 7. The van der Waals surface area contributed by atoms with Crippen molar-refractivity contribution in [2.45, 2.75) is 236 Å². The van der Waals surface area contributed by atoms with Gasteiger partial charge in [-0.3, -0.25) is 4.79 Å². The Bertz CT molecular complexity index is 2460.